The Hall–Kier alpha value is -3.39. The van der Waals surface area contributed by atoms with E-state index in [1.54, 1.807) is 6.07 Å². The summed E-state index contributed by atoms with van der Waals surface area (Å²) in [7, 11) is 0. The minimum atomic E-state index is -0.877. The lowest BCUT2D eigenvalue weighted by atomic mass is 10.1. The predicted octanol–water partition coefficient (Wildman–Crippen LogP) is 3.68. The van der Waals surface area contributed by atoms with E-state index < -0.39 is 23.7 Å². The van der Waals surface area contributed by atoms with Gasteiger partial charge >= 0.3 is 0 Å². The normalized spacial score (nSPS) is 12.8. The lowest BCUT2D eigenvalue weighted by Gasteiger charge is -2.16. The largest absolute Gasteiger partial charge is 0.488 e. The summed E-state index contributed by atoms with van der Waals surface area (Å²) in [6, 6.07) is 14.7. The van der Waals surface area contributed by atoms with E-state index >= 15 is 0 Å². The first kappa shape index (κ1) is 18.9. The number of benzene rings is 2. The maximum absolute atomic E-state index is 12.9. The molecule has 2 aromatic carbocycles. The first-order valence-corrected chi connectivity index (χ1v) is 9.70. The summed E-state index contributed by atoms with van der Waals surface area (Å²) in [5.74, 6) is -0.214. The van der Waals surface area contributed by atoms with Crippen LogP contribution in [0.15, 0.2) is 54.6 Å². The molecule has 1 aliphatic rings. The maximum Gasteiger partial charge on any atom is 0.279 e. The molecule has 1 atom stereocenters. The van der Waals surface area contributed by atoms with Gasteiger partial charge < -0.3 is 9.47 Å². The fourth-order valence-corrected chi connectivity index (χ4v) is 3.96. The average molecular weight is 412 g/mol. The van der Waals surface area contributed by atoms with E-state index in [0.29, 0.717) is 17.2 Å². The summed E-state index contributed by atoms with van der Waals surface area (Å²) in [4.78, 5) is 26.1. The second-order valence-electron chi connectivity index (χ2n) is 6.41. The number of thiophene rings is 1. The molecule has 0 fully saturated rings. The molecule has 4 rings (SSSR count). The van der Waals surface area contributed by atoms with E-state index in [-0.39, 0.29) is 0 Å². The number of ether oxygens (including phenoxy) is 2. The molecule has 2 heterocycles. The molecule has 148 valence electrons. The molecule has 29 heavy (non-hydrogen) atoms. The van der Waals surface area contributed by atoms with Gasteiger partial charge in [-0.2, -0.15) is 0 Å². The lowest BCUT2D eigenvalue weighted by molar-refractivity contribution is -0.128. The molecule has 0 spiro atoms. The Balaban J connectivity index is 1.37. The summed E-state index contributed by atoms with van der Waals surface area (Å²) in [6.07, 6.45) is -0.877. The van der Waals surface area contributed by atoms with Crippen molar-refractivity contribution >= 4 is 23.2 Å². The molecular formula is C21H17FN2O4S. The van der Waals surface area contributed by atoms with Crippen molar-refractivity contribution in [2.75, 3.05) is 0 Å². The lowest BCUT2D eigenvalue weighted by Crippen LogP contribution is -2.47. The van der Waals surface area contributed by atoms with Gasteiger partial charge in [-0.05, 0) is 49.4 Å². The number of carbonyl (C=O) groups excluding carboxylic acids is 2. The Morgan fingerprint density at radius 2 is 1.90 bits per heavy atom. The van der Waals surface area contributed by atoms with Crippen LogP contribution in [-0.2, 0) is 11.4 Å². The molecule has 0 saturated heterocycles. The van der Waals surface area contributed by atoms with E-state index in [1.165, 1.54) is 42.5 Å². The number of fused-ring (bicyclic) bond motifs is 3. The van der Waals surface area contributed by atoms with Gasteiger partial charge in [0.1, 0.15) is 23.9 Å². The van der Waals surface area contributed by atoms with Crippen molar-refractivity contribution in [3.05, 3.63) is 70.9 Å². The van der Waals surface area contributed by atoms with Crippen molar-refractivity contribution in [1.29, 1.82) is 0 Å². The molecule has 1 aliphatic heterocycles. The van der Waals surface area contributed by atoms with Crippen LogP contribution in [0.4, 0.5) is 4.39 Å². The first-order valence-electron chi connectivity index (χ1n) is 8.88. The van der Waals surface area contributed by atoms with E-state index in [0.717, 1.165) is 21.8 Å². The number of nitrogens with one attached hydrogen (secondary N) is 2. The Bertz CT molecular complexity index is 1060. The highest BCUT2D eigenvalue weighted by atomic mass is 32.1. The average Bonchev–Trinajstić information content (AvgIpc) is 3.18. The molecule has 1 unspecified atom stereocenters. The third kappa shape index (κ3) is 4.07. The van der Waals surface area contributed by atoms with Gasteiger partial charge in [-0.25, -0.2) is 4.39 Å². The summed E-state index contributed by atoms with van der Waals surface area (Å²) in [5.41, 5.74) is 6.62. The van der Waals surface area contributed by atoms with Crippen molar-refractivity contribution < 1.29 is 23.5 Å². The monoisotopic (exact) mass is 412 g/mol. The summed E-state index contributed by atoms with van der Waals surface area (Å²) in [6.45, 7) is 1.92. The smallest absolute Gasteiger partial charge is 0.279 e. The topological polar surface area (TPSA) is 76.7 Å². The number of halogens is 1. The molecule has 0 aliphatic carbocycles. The Labute approximate surface area is 170 Å². The van der Waals surface area contributed by atoms with Crippen LogP contribution in [0.25, 0.3) is 10.4 Å². The van der Waals surface area contributed by atoms with Gasteiger partial charge in [0, 0.05) is 16.0 Å². The standard InChI is InChI=1S/C21H17FN2O4S/c1-12(28-15-8-6-14(22)7-9-15)20(25)23-24-21(26)18-10-13-11-27-17-5-3-2-4-16(17)19(13)29-18/h2-10,12H,11H2,1H3,(H,23,25)(H,24,26). The first-order chi connectivity index (χ1) is 14.0. The summed E-state index contributed by atoms with van der Waals surface area (Å²) < 4.78 is 24.1. The molecule has 1 aromatic heterocycles. The zero-order chi connectivity index (χ0) is 20.4. The zero-order valence-corrected chi connectivity index (χ0v) is 16.2. The number of para-hydroxylation sites is 1. The molecule has 0 saturated carbocycles. The van der Waals surface area contributed by atoms with E-state index in [4.69, 9.17) is 9.47 Å². The molecule has 2 amide bonds. The van der Waals surface area contributed by atoms with Crippen LogP contribution in [-0.4, -0.2) is 17.9 Å². The van der Waals surface area contributed by atoms with E-state index in [2.05, 4.69) is 10.9 Å². The van der Waals surface area contributed by atoms with Crippen LogP contribution < -0.4 is 20.3 Å². The SMILES string of the molecule is CC(Oc1ccc(F)cc1)C(=O)NNC(=O)c1cc2c(s1)-c1ccccc1OC2. The van der Waals surface area contributed by atoms with E-state index in [9.17, 15) is 14.0 Å². The van der Waals surface area contributed by atoms with Crippen LogP contribution in [0.1, 0.15) is 22.2 Å². The van der Waals surface area contributed by atoms with Gasteiger partial charge in [-0.3, -0.25) is 20.4 Å². The van der Waals surface area contributed by atoms with Crippen molar-refractivity contribution in [3.63, 3.8) is 0 Å². The van der Waals surface area contributed by atoms with Gasteiger partial charge in [-0.15, -0.1) is 11.3 Å². The molecule has 0 radical (unpaired) electrons. The summed E-state index contributed by atoms with van der Waals surface area (Å²) in [5, 5.41) is 0. The van der Waals surface area contributed by atoms with Crippen molar-refractivity contribution in [1.82, 2.24) is 10.9 Å². The van der Waals surface area contributed by atoms with Crippen LogP contribution in [0.5, 0.6) is 11.5 Å². The van der Waals surface area contributed by atoms with Gasteiger partial charge in [0.2, 0.25) is 0 Å². The van der Waals surface area contributed by atoms with Crippen LogP contribution in [0.3, 0.4) is 0 Å². The van der Waals surface area contributed by atoms with Crippen LogP contribution in [0.2, 0.25) is 0 Å². The number of carbonyl (C=O) groups is 2. The van der Waals surface area contributed by atoms with Gasteiger partial charge in [0.05, 0.1) is 4.88 Å². The predicted molar refractivity (Wildman–Crippen MR) is 106 cm³/mol. The highest BCUT2D eigenvalue weighted by Gasteiger charge is 2.23. The van der Waals surface area contributed by atoms with Gasteiger partial charge in [0.25, 0.3) is 11.8 Å². The molecule has 6 nitrogen and oxygen atoms in total. The highest BCUT2D eigenvalue weighted by molar-refractivity contribution is 7.17. The number of hydrogen-bond acceptors (Lipinski definition) is 5. The minimum Gasteiger partial charge on any atom is -0.488 e. The number of amides is 2. The molecule has 2 N–H and O–H groups in total. The minimum absolute atomic E-state index is 0.352. The van der Waals surface area contributed by atoms with Crippen molar-refractivity contribution in [3.8, 4) is 21.9 Å². The second kappa shape index (κ2) is 7.92. The molecular weight excluding hydrogens is 395 g/mol. The van der Waals surface area contributed by atoms with Crippen molar-refractivity contribution in [2.45, 2.75) is 19.6 Å². The summed E-state index contributed by atoms with van der Waals surface area (Å²) >= 11 is 1.34. The second-order valence-corrected chi connectivity index (χ2v) is 7.46. The highest BCUT2D eigenvalue weighted by Crippen LogP contribution is 2.42. The zero-order valence-electron chi connectivity index (χ0n) is 15.4. The fraction of sp³-hybridized carbons (Fsp3) is 0.143. The van der Waals surface area contributed by atoms with Crippen LogP contribution >= 0.6 is 11.3 Å². The Morgan fingerprint density at radius 3 is 2.69 bits per heavy atom. The quantitative estimate of drug-likeness (QED) is 0.641. The third-order valence-electron chi connectivity index (χ3n) is 4.34. The van der Waals surface area contributed by atoms with E-state index in [1.807, 2.05) is 24.3 Å². The third-order valence-corrected chi connectivity index (χ3v) is 5.55. The molecule has 0 bridgehead atoms. The van der Waals surface area contributed by atoms with Gasteiger partial charge in [0.15, 0.2) is 6.10 Å². The number of hydrogen-bond donors (Lipinski definition) is 2. The Morgan fingerprint density at radius 1 is 1.14 bits per heavy atom. The van der Waals surface area contributed by atoms with Gasteiger partial charge in [-0.1, -0.05) is 12.1 Å². The van der Waals surface area contributed by atoms with Crippen molar-refractivity contribution in [2.24, 2.45) is 0 Å². The fourth-order valence-electron chi connectivity index (χ4n) is 2.86. The maximum atomic E-state index is 12.9. The van der Waals surface area contributed by atoms with Crippen LogP contribution in [0, 0.1) is 5.82 Å². The number of rotatable bonds is 4. The molecule has 8 heteroatoms. The number of hydrazine groups is 1. The molecule has 3 aromatic rings. The Kier molecular flexibility index (Phi) is 5.18.